The van der Waals surface area contributed by atoms with Crippen molar-refractivity contribution in [1.29, 1.82) is 0 Å². The van der Waals surface area contributed by atoms with E-state index in [4.69, 9.17) is 0 Å². The molecule has 1 aliphatic rings. The molecule has 6 nitrogen and oxygen atoms in total. The Kier molecular flexibility index (Phi) is 6.21. The lowest BCUT2D eigenvalue weighted by Crippen LogP contribution is -2.49. The zero-order valence-electron chi connectivity index (χ0n) is 15.7. The van der Waals surface area contributed by atoms with Crippen LogP contribution in [0.15, 0.2) is 24.3 Å². The summed E-state index contributed by atoms with van der Waals surface area (Å²) in [6.45, 7) is 4.64. The Bertz CT molecular complexity index is 815. The Hall–Kier alpha value is -2.28. The highest BCUT2D eigenvalue weighted by Gasteiger charge is 2.31. The Morgan fingerprint density at radius 2 is 2.11 bits per heavy atom. The van der Waals surface area contributed by atoms with Crippen LogP contribution in [0.1, 0.15) is 49.3 Å². The van der Waals surface area contributed by atoms with Gasteiger partial charge in [-0.15, -0.1) is 11.3 Å². The molecule has 1 aromatic heterocycles. The van der Waals surface area contributed by atoms with E-state index < -0.39 is 6.04 Å². The zero-order valence-corrected chi connectivity index (χ0v) is 16.6. The van der Waals surface area contributed by atoms with Gasteiger partial charge in [0, 0.05) is 20.0 Å². The van der Waals surface area contributed by atoms with Crippen LogP contribution >= 0.6 is 11.3 Å². The van der Waals surface area contributed by atoms with Crippen molar-refractivity contribution < 1.29 is 14.4 Å². The summed E-state index contributed by atoms with van der Waals surface area (Å²) in [5, 5.41) is 3.36. The lowest BCUT2D eigenvalue weighted by atomic mass is 9.96. The molecular formula is C20H25N3O3S. The van der Waals surface area contributed by atoms with Crippen molar-refractivity contribution in [3.8, 4) is 0 Å². The smallest absolute Gasteiger partial charge is 0.225 e. The maximum Gasteiger partial charge on any atom is 0.225 e. The second kappa shape index (κ2) is 8.61. The first-order valence-electron chi connectivity index (χ1n) is 9.45. The van der Waals surface area contributed by atoms with Gasteiger partial charge in [0.1, 0.15) is 0 Å². The van der Waals surface area contributed by atoms with Gasteiger partial charge in [0.15, 0.2) is 5.01 Å². The first-order chi connectivity index (χ1) is 13.0. The summed E-state index contributed by atoms with van der Waals surface area (Å²) in [4.78, 5) is 43.5. The summed E-state index contributed by atoms with van der Waals surface area (Å²) in [5.41, 5.74) is 0.803. The van der Waals surface area contributed by atoms with E-state index in [1.807, 2.05) is 31.2 Å². The number of hydrogen-bond donors (Lipinski definition) is 1. The molecule has 1 N–H and O–H groups in total. The van der Waals surface area contributed by atoms with Gasteiger partial charge in [0.25, 0.3) is 0 Å². The molecule has 2 amide bonds. The lowest BCUT2D eigenvalue weighted by Gasteiger charge is -2.32. The number of carbonyl (C=O) groups is 3. The van der Waals surface area contributed by atoms with Crippen LogP contribution in [0.5, 0.6) is 0 Å². The molecule has 0 aliphatic carbocycles. The topological polar surface area (TPSA) is 79.4 Å². The van der Waals surface area contributed by atoms with E-state index in [1.165, 1.54) is 18.3 Å². The first kappa shape index (κ1) is 19.5. The van der Waals surface area contributed by atoms with Crippen LogP contribution in [0, 0.1) is 5.92 Å². The summed E-state index contributed by atoms with van der Waals surface area (Å²) in [5.74, 6) is -0.548. The minimum Gasteiger partial charge on any atom is -0.346 e. The molecule has 1 aromatic carbocycles. The number of aromatic nitrogens is 1. The van der Waals surface area contributed by atoms with Crippen LogP contribution in [0.2, 0.25) is 0 Å². The number of nitrogens with zero attached hydrogens (tertiary/aromatic N) is 2. The van der Waals surface area contributed by atoms with Crippen molar-refractivity contribution in [1.82, 2.24) is 15.2 Å². The minimum absolute atomic E-state index is 0.0110. The number of benzene rings is 1. The van der Waals surface area contributed by atoms with Crippen molar-refractivity contribution >= 4 is 39.2 Å². The van der Waals surface area contributed by atoms with Crippen LogP contribution in [0.25, 0.3) is 10.2 Å². The molecule has 1 fully saturated rings. The Labute approximate surface area is 163 Å². The van der Waals surface area contributed by atoms with E-state index in [1.54, 1.807) is 4.90 Å². The number of piperidine rings is 1. The van der Waals surface area contributed by atoms with Crippen LogP contribution < -0.4 is 5.32 Å². The second-order valence-electron chi connectivity index (χ2n) is 7.01. The molecule has 1 aliphatic heterocycles. The van der Waals surface area contributed by atoms with Crippen molar-refractivity contribution in [2.24, 2.45) is 5.92 Å². The number of Topliss-reactive ketones (excluding diaryl/α,β-unsaturated/α-hetero) is 1. The van der Waals surface area contributed by atoms with Gasteiger partial charge in [-0.3, -0.25) is 14.4 Å². The third-order valence-electron chi connectivity index (χ3n) is 4.95. The van der Waals surface area contributed by atoms with Gasteiger partial charge < -0.3 is 10.2 Å². The predicted molar refractivity (Wildman–Crippen MR) is 106 cm³/mol. The van der Waals surface area contributed by atoms with Gasteiger partial charge >= 0.3 is 0 Å². The molecule has 1 saturated heterocycles. The van der Waals surface area contributed by atoms with Gasteiger partial charge in [0.2, 0.25) is 17.6 Å². The Morgan fingerprint density at radius 1 is 1.33 bits per heavy atom. The number of para-hydroxylation sites is 1. The summed E-state index contributed by atoms with van der Waals surface area (Å²) in [7, 11) is 0. The predicted octanol–water partition coefficient (Wildman–Crippen LogP) is 3.02. The number of hydrogen-bond acceptors (Lipinski definition) is 5. The number of likely N-dealkylation sites (tertiary alicyclic amines) is 1. The molecular weight excluding hydrogens is 362 g/mol. The van der Waals surface area contributed by atoms with Gasteiger partial charge in [-0.05, 0) is 31.4 Å². The number of fused-ring (bicyclic) bond motifs is 1. The van der Waals surface area contributed by atoms with Gasteiger partial charge in [-0.1, -0.05) is 25.5 Å². The number of rotatable bonds is 6. The quantitative estimate of drug-likeness (QED) is 0.773. The highest BCUT2D eigenvalue weighted by Crippen LogP contribution is 2.24. The molecule has 0 saturated carbocycles. The van der Waals surface area contributed by atoms with E-state index >= 15 is 0 Å². The molecule has 0 radical (unpaired) electrons. The molecule has 2 aromatic rings. The fourth-order valence-electron chi connectivity index (χ4n) is 3.45. The summed E-state index contributed by atoms with van der Waals surface area (Å²) in [6, 6.07) is 7.06. The maximum absolute atomic E-state index is 13.0. The van der Waals surface area contributed by atoms with Crippen LogP contribution in [-0.2, 0) is 9.59 Å². The summed E-state index contributed by atoms with van der Waals surface area (Å²) < 4.78 is 0.965. The molecule has 2 heterocycles. The largest absolute Gasteiger partial charge is 0.346 e. The minimum atomic E-state index is -0.573. The maximum atomic E-state index is 13.0. The highest BCUT2D eigenvalue weighted by molar-refractivity contribution is 7.20. The Morgan fingerprint density at radius 3 is 2.81 bits per heavy atom. The third-order valence-corrected chi connectivity index (χ3v) is 6.00. The van der Waals surface area contributed by atoms with E-state index in [2.05, 4.69) is 10.3 Å². The van der Waals surface area contributed by atoms with Crippen LogP contribution in [-0.4, -0.2) is 46.6 Å². The van der Waals surface area contributed by atoms with Crippen molar-refractivity contribution in [3.63, 3.8) is 0 Å². The molecule has 2 atom stereocenters. The third kappa shape index (κ3) is 4.53. The summed E-state index contributed by atoms with van der Waals surface area (Å²) in [6.07, 6.45) is 2.90. The molecule has 27 heavy (non-hydrogen) atoms. The van der Waals surface area contributed by atoms with E-state index in [-0.39, 0.29) is 23.5 Å². The average Bonchev–Trinajstić information content (AvgIpc) is 3.11. The molecule has 3 rings (SSSR count). The number of carbonyl (C=O) groups excluding carboxylic acids is 3. The van der Waals surface area contributed by atoms with Gasteiger partial charge in [-0.2, -0.15) is 0 Å². The fourth-order valence-corrected chi connectivity index (χ4v) is 4.41. The molecule has 144 valence electrons. The molecule has 7 heteroatoms. The van der Waals surface area contributed by atoms with E-state index in [0.717, 1.165) is 29.5 Å². The normalized spacial score (nSPS) is 18.3. The van der Waals surface area contributed by atoms with Gasteiger partial charge in [0.05, 0.1) is 22.2 Å². The number of thiazole rings is 1. The van der Waals surface area contributed by atoms with E-state index in [0.29, 0.717) is 24.5 Å². The standard InChI is InChI=1S/C20H25N3O3S/c1-3-7-16(18(25)20-22-15-9-4-5-10-17(15)27-20)21-19(26)14-8-6-11-23(12-14)13(2)24/h4-5,9-10,14,16H,3,6-8,11-12H2,1-2H3,(H,21,26)/t14-,16+/m1/s1. The number of amides is 2. The first-order valence-corrected chi connectivity index (χ1v) is 10.3. The van der Waals surface area contributed by atoms with Gasteiger partial charge in [-0.25, -0.2) is 4.98 Å². The summed E-state index contributed by atoms with van der Waals surface area (Å²) >= 11 is 1.36. The molecule has 0 spiro atoms. The lowest BCUT2D eigenvalue weighted by molar-refractivity contribution is -0.134. The van der Waals surface area contributed by atoms with Crippen molar-refractivity contribution in [3.05, 3.63) is 29.3 Å². The Balaban J connectivity index is 1.71. The SMILES string of the molecule is CCC[C@H](NC(=O)[C@@H]1CCCN(C(C)=O)C1)C(=O)c1nc2ccccc2s1. The van der Waals surface area contributed by atoms with E-state index in [9.17, 15) is 14.4 Å². The number of ketones is 1. The second-order valence-corrected chi connectivity index (χ2v) is 8.04. The molecule has 0 bridgehead atoms. The van der Waals surface area contributed by atoms with Crippen LogP contribution in [0.3, 0.4) is 0 Å². The van der Waals surface area contributed by atoms with Crippen LogP contribution in [0.4, 0.5) is 0 Å². The monoisotopic (exact) mass is 387 g/mol. The highest BCUT2D eigenvalue weighted by atomic mass is 32.1. The average molecular weight is 388 g/mol. The zero-order chi connectivity index (χ0) is 19.4. The molecule has 0 unspecified atom stereocenters. The number of nitrogens with one attached hydrogen (secondary N) is 1. The van der Waals surface area contributed by atoms with Crippen molar-refractivity contribution in [2.75, 3.05) is 13.1 Å². The van der Waals surface area contributed by atoms with Crippen molar-refractivity contribution in [2.45, 2.75) is 45.6 Å². The fraction of sp³-hybridized carbons (Fsp3) is 0.500.